The molecule has 2 N–H and O–H groups in total. The summed E-state index contributed by atoms with van der Waals surface area (Å²) in [6, 6.07) is 13.1. The molecule has 24 heavy (non-hydrogen) atoms. The maximum absolute atomic E-state index is 12.8. The van der Waals surface area contributed by atoms with Crippen molar-refractivity contribution in [1.29, 1.82) is 0 Å². The fourth-order valence-corrected chi connectivity index (χ4v) is 2.11. The summed E-state index contributed by atoms with van der Waals surface area (Å²) in [5, 5.41) is 4.98. The van der Waals surface area contributed by atoms with E-state index in [4.69, 9.17) is 0 Å². The minimum absolute atomic E-state index is 0.0663. The zero-order valence-electron chi connectivity index (χ0n) is 14.0. The van der Waals surface area contributed by atoms with Crippen LogP contribution in [-0.4, -0.2) is 11.8 Å². The summed E-state index contributed by atoms with van der Waals surface area (Å²) < 4.78 is 12.8. The minimum atomic E-state index is -0.784. The van der Waals surface area contributed by atoms with Gasteiger partial charge in [-0.05, 0) is 40.8 Å². The van der Waals surface area contributed by atoms with Crippen LogP contribution in [0.2, 0.25) is 0 Å². The van der Waals surface area contributed by atoms with Gasteiger partial charge in [0.05, 0.1) is 0 Å². The second-order valence-corrected chi connectivity index (χ2v) is 6.59. The van der Waals surface area contributed by atoms with Crippen molar-refractivity contribution >= 4 is 17.5 Å². The highest BCUT2D eigenvalue weighted by Gasteiger charge is 2.15. The fourth-order valence-electron chi connectivity index (χ4n) is 2.11. The molecule has 4 nitrogen and oxygen atoms in total. The highest BCUT2D eigenvalue weighted by atomic mass is 19.1. The van der Waals surface area contributed by atoms with Crippen molar-refractivity contribution in [1.82, 2.24) is 5.32 Å². The molecule has 0 spiro atoms. The second-order valence-electron chi connectivity index (χ2n) is 6.59. The first-order chi connectivity index (χ1) is 11.3. The standard InChI is InChI=1S/C19H21FN2O2/c1-19(2,3)14-6-4-13(5-7-14)12-21-17(23)18(24)22-16-10-8-15(20)9-11-16/h4-11H,12H2,1-3H3,(H,21,23)(H,22,24). The van der Waals surface area contributed by atoms with Gasteiger partial charge in [0.15, 0.2) is 0 Å². The Morgan fingerprint density at radius 2 is 1.50 bits per heavy atom. The number of carbonyl (C=O) groups is 2. The van der Waals surface area contributed by atoms with Gasteiger partial charge in [0.25, 0.3) is 0 Å². The Labute approximate surface area is 141 Å². The van der Waals surface area contributed by atoms with Crippen LogP contribution in [0.15, 0.2) is 48.5 Å². The van der Waals surface area contributed by atoms with E-state index in [2.05, 4.69) is 31.4 Å². The first-order valence-electron chi connectivity index (χ1n) is 7.70. The largest absolute Gasteiger partial charge is 0.344 e. The van der Waals surface area contributed by atoms with Crippen LogP contribution in [0.25, 0.3) is 0 Å². The van der Waals surface area contributed by atoms with E-state index in [0.717, 1.165) is 5.56 Å². The van der Waals surface area contributed by atoms with Gasteiger partial charge in [0.2, 0.25) is 0 Å². The fraction of sp³-hybridized carbons (Fsp3) is 0.263. The van der Waals surface area contributed by atoms with Crippen LogP contribution in [0, 0.1) is 5.82 Å². The maximum atomic E-state index is 12.8. The Balaban J connectivity index is 1.88. The van der Waals surface area contributed by atoms with Crippen molar-refractivity contribution in [3.8, 4) is 0 Å². The van der Waals surface area contributed by atoms with Crippen LogP contribution >= 0.6 is 0 Å². The van der Waals surface area contributed by atoms with Crippen molar-refractivity contribution < 1.29 is 14.0 Å². The Morgan fingerprint density at radius 1 is 0.917 bits per heavy atom. The van der Waals surface area contributed by atoms with Gasteiger partial charge in [-0.1, -0.05) is 45.0 Å². The predicted molar refractivity (Wildman–Crippen MR) is 92.0 cm³/mol. The molecule has 2 aromatic carbocycles. The predicted octanol–water partition coefficient (Wildman–Crippen LogP) is 3.38. The normalized spacial score (nSPS) is 11.0. The van der Waals surface area contributed by atoms with Crippen LogP contribution in [-0.2, 0) is 21.5 Å². The van der Waals surface area contributed by atoms with Crippen molar-refractivity contribution in [3.63, 3.8) is 0 Å². The van der Waals surface area contributed by atoms with Crippen molar-refractivity contribution in [2.75, 3.05) is 5.32 Å². The van der Waals surface area contributed by atoms with E-state index in [9.17, 15) is 14.0 Å². The van der Waals surface area contributed by atoms with E-state index in [0.29, 0.717) is 5.69 Å². The van der Waals surface area contributed by atoms with Gasteiger partial charge in [-0.25, -0.2) is 4.39 Å². The summed E-state index contributed by atoms with van der Waals surface area (Å²) in [5.74, 6) is -1.93. The second kappa shape index (κ2) is 7.25. The molecular weight excluding hydrogens is 307 g/mol. The SMILES string of the molecule is CC(C)(C)c1ccc(CNC(=O)C(=O)Nc2ccc(F)cc2)cc1. The highest BCUT2D eigenvalue weighted by molar-refractivity contribution is 6.39. The summed E-state index contributed by atoms with van der Waals surface area (Å²) in [7, 11) is 0. The molecule has 0 aliphatic heterocycles. The van der Waals surface area contributed by atoms with Gasteiger partial charge in [-0.2, -0.15) is 0 Å². The molecule has 0 aliphatic rings. The summed E-state index contributed by atoms with van der Waals surface area (Å²) in [5.41, 5.74) is 2.54. The number of carbonyl (C=O) groups excluding carboxylic acids is 2. The topological polar surface area (TPSA) is 58.2 Å². The Bertz CT molecular complexity index is 717. The van der Waals surface area contributed by atoms with Gasteiger partial charge in [0.1, 0.15) is 5.82 Å². The Morgan fingerprint density at radius 3 is 2.04 bits per heavy atom. The molecule has 2 aromatic rings. The summed E-state index contributed by atoms with van der Waals surface area (Å²) >= 11 is 0. The number of anilines is 1. The molecule has 2 rings (SSSR count). The van der Waals surface area contributed by atoms with Crippen LogP contribution in [0.5, 0.6) is 0 Å². The molecule has 2 amide bonds. The average Bonchev–Trinajstić information content (AvgIpc) is 2.54. The lowest BCUT2D eigenvalue weighted by atomic mass is 9.87. The zero-order chi connectivity index (χ0) is 17.7. The summed E-state index contributed by atoms with van der Waals surface area (Å²) in [4.78, 5) is 23.6. The molecule has 0 aromatic heterocycles. The first-order valence-corrected chi connectivity index (χ1v) is 7.70. The zero-order valence-corrected chi connectivity index (χ0v) is 14.0. The lowest BCUT2D eigenvalue weighted by molar-refractivity contribution is -0.136. The number of hydrogen-bond acceptors (Lipinski definition) is 2. The Hall–Kier alpha value is -2.69. The Kier molecular flexibility index (Phi) is 5.34. The smallest absolute Gasteiger partial charge is 0.313 e. The van der Waals surface area contributed by atoms with E-state index >= 15 is 0 Å². The lowest BCUT2D eigenvalue weighted by Gasteiger charge is -2.19. The third-order valence-corrected chi connectivity index (χ3v) is 3.58. The third kappa shape index (κ3) is 4.91. The molecule has 126 valence electrons. The number of hydrogen-bond donors (Lipinski definition) is 2. The molecular formula is C19H21FN2O2. The van der Waals surface area contributed by atoms with Crippen LogP contribution in [0.4, 0.5) is 10.1 Å². The van der Waals surface area contributed by atoms with Gasteiger partial charge in [-0.3, -0.25) is 9.59 Å². The summed E-state index contributed by atoms with van der Waals surface area (Å²) in [6.07, 6.45) is 0. The molecule has 0 saturated heterocycles. The number of nitrogens with one attached hydrogen (secondary N) is 2. The van der Waals surface area contributed by atoms with Crippen molar-refractivity contribution in [3.05, 3.63) is 65.5 Å². The van der Waals surface area contributed by atoms with Gasteiger partial charge < -0.3 is 10.6 Å². The quantitative estimate of drug-likeness (QED) is 0.849. The number of benzene rings is 2. The number of rotatable bonds is 3. The average molecular weight is 328 g/mol. The summed E-state index contributed by atoms with van der Waals surface area (Å²) in [6.45, 7) is 6.65. The van der Waals surface area contributed by atoms with E-state index in [-0.39, 0.29) is 12.0 Å². The minimum Gasteiger partial charge on any atom is -0.344 e. The number of amides is 2. The van der Waals surface area contributed by atoms with Crippen molar-refractivity contribution in [2.45, 2.75) is 32.7 Å². The first kappa shape index (κ1) is 17.7. The monoisotopic (exact) mass is 328 g/mol. The van der Waals surface area contributed by atoms with Gasteiger partial charge >= 0.3 is 11.8 Å². The van der Waals surface area contributed by atoms with E-state index in [1.165, 1.54) is 29.8 Å². The highest BCUT2D eigenvalue weighted by Crippen LogP contribution is 2.22. The van der Waals surface area contributed by atoms with E-state index in [1.807, 2.05) is 24.3 Å². The molecule has 0 unspecified atom stereocenters. The number of halogens is 1. The maximum Gasteiger partial charge on any atom is 0.313 e. The van der Waals surface area contributed by atoms with E-state index in [1.54, 1.807) is 0 Å². The van der Waals surface area contributed by atoms with Gasteiger partial charge in [-0.15, -0.1) is 0 Å². The molecule has 0 radical (unpaired) electrons. The lowest BCUT2D eigenvalue weighted by Crippen LogP contribution is -2.34. The van der Waals surface area contributed by atoms with Crippen LogP contribution < -0.4 is 10.6 Å². The van der Waals surface area contributed by atoms with Crippen molar-refractivity contribution in [2.24, 2.45) is 0 Å². The molecule has 0 aliphatic carbocycles. The molecule has 0 bridgehead atoms. The van der Waals surface area contributed by atoms with Crippen LogP contribution in [0.3, 0.4) is 0 Å². The van der Waals surface area contributed by atoms with Gasteiger partial charge in [0, 0.05) is 12.2 Å². The molecule has 5 heteroatoms. The molecule has 0 saturated carbocycles. The van der Waals surface area contributed by atoms with Crippen LogP contribution in [0.1, 0.15) is 31.9 Å². The molecule has 0 fully saturated rings. The molecule has 0 atom stereocenters. The third-order valence-electron chi connectivity index (χ3n) is 3.58. The van der Waals surface area contributed by atoms with E-state index < -0.39 is 17.6 Å². The molecule has 0 heterocycles.